The molecule has 0 fully saturated rings. The molecule has 1 rings (SSSR count). The van der Waals surface area contributed by atoms with Gasteiger partial charge in [0.2, 0.25) is 0 Å². The van der Waals surface area contributed by atoms with Gasteiger partial charge >= 0.3 is 0 Å². The molecule has 0 bridgehead atoms. The topological polar surface area (TPSA) is 23.8 Å². The second-order valence-corrected chi connectivity index (χ2v) is 2.68. The molecule has 0 N–H and O–H groups in total. The minimum atomic E-state index is 0.630. The molecule has 0 spiro atoms. The second kappa shape index (κ2) is 4.95. The molecule has 0 unspecified atom stereocenters. The van der Waals surface area contributed by atoms with E-state index >= 15 is 0 Å². The summed E-state index contributed by atoms with van der Waals surface area (Å²) in [6.07, 6.45) is 4.24. The van der Waals surface area contributed by atoms with Crippen LogP contribution in [0.2, 0.25) is 0 Å². The smallest absolute Gasteiger partial charge is 0.0950 e. The summed E-state index contributed by atoms with van der Waals surface area (Å²) in [4.78, 5) is 0. The molecule has 0 amide bonds. The van der Waals surface area contributed by atoms with Crippen molar-refractivity contribution in [2.45, 2.75) is 6.42 Å². The van der Waals surface area contributed by atoms with E-state index in [2.05, 4.69) is 12.6 Å². The molecule has 64 valence electrons. The third-order valence-corrected chi connectivity index (χ3v) is 1.65. The van der Waals surface area contributed by atoms with Crippen molar-refractivity contribution in [2.75, 3.05) is 0 Å². The quantitative estimate of drug-likeness (QED) is 0.503. The van der Waals surface area contributed by atoms with Crippen LogP contribution in [0.5, 0.6) is 0 Å². The minimum absolute atomic E-state index is 0.630. The lowest BCUT2D eigenvalue weighted by Crippen LogP contribution is -1.76. The first-order valence-electron chi connectivity index (χ1n) is 4.13. The van der Waals surface area contributed by atoms with Crippen molar-refractivity contribution in [1.29, 1.82) is 5.26 Å². The van der Waals surface area contributed by atoms with Crippen LogP contribution < -0.4 is 0 Å². The normalized spacial score (nSPS) is 10.5. The van der Waals surface area contributed by atoms with E-state index < -0.39 is 0 Å². The number of benzene rings is 1. The van der Waals surface area contributed by atoms with Gasteiger partial charge in [0.25, 0.3) is 0 Å². The van der Waals surface area contributed by atoms with Gasteiger partial charge in [0, 0.05) is 12.0 Å². The van der Waals surface area contributed by atoms with Gasteiger partial charge in [0.05, 0.1) is 6.07 Å². The molecule has 13 heavy (non-hydrogen) atoms. The highest BCUT2D eigenvalue weighted by Gasteiger charge is 1.91. The zero-order valence-electron chi connectivity index (χ0n) is 7.40. The van der Waals surface area contributed by atoms with Crippen molar-refractivity contribution in [3.05, 3.63) is 54.1 Å². The van der Waals surface area contributed by atoms with Gasteiger partial charge in [-0.15, -0.1) is 6.58 Å². The van der Waals surface area contributed by atoms with Gasteiger partial charge in [-0.3, -0.25) is 0 Å². The Balaban J connectivity index is 2.86. The Bertz CT molecular complexity index is 341. The van der Waals surface area contributed by atoms with E-state index in [1.807, 2.05) is 36.4 Å². The van der Waals surface area contributed by atoms with Crippen molar-refractivity contribution in [2.24, 2.45) is 0 Å². The maximum Gasteiger partial charge on any atom is 0.0950 e. The monoisotopic (exact) mass is 169 g/mol. The molecule has 1 aromatic rings. The second-order valence-electron chi connectivity index (χ2n) is 2.68. The first kappa shape index (κ1) is 9.28. The average Bonchev–Trinajstić information content (AvgIpc) is 2.19. The highest BCUT2D eigenvalue weighted by Crippen LogP contribution is 2.08. The number of nitrogens with zero attached hydrogens (tertiary/aromatic N) is 1. The standard InChI is InChI=1S/C12H11N/c1-2-6-12(10-13)9-11-7-4-3-5-8-11/h2-5,7-9H,1,6H2/b12-9+. The van der Waals surface area contributed by atoms with E-state index in [0.717, 1.165) is 11.1 Å². The van der Waals surface area contributed by atoms with Gasteiger partial charge in [-0.1, -0.05) is 36.4 Å². The number of rotatable bonds is 3. The maximum atomic E-state index is 8.75. The Morgan fingerprint density at radius 1 is 1.38 bits per heavy atom. The SMILES string of the molecule is C=CC/C(C#N)=C\c1ccccc1. The van der Waals surface area contributed by atoms with Gasteiger partial charge in [-0.05, 0) is 11.6 Å². The zero-order chi connectivity index (χ0) is 9.52. The Kier molecular flexibility index (Phi) is 3.53. The molecule has 0 aliphatic heterocycles. The van der Waals surface area contributed by atoms with Gasteiger partial charge in [0.1, 0.15) is 0 Å². The van der Waals surface area contributed by atoms with Crippen LogP contribution in [-0.4, -0.2) is 0 Å². The molecule has 0 aromatic heterocycles. The molecule has 0 heterocycles. The third kappa shape index (κ3) is 2.96. The first-order chi connectivity index (χ1) is 6.36. The fraction of sp³-hybridized carbons (Fsp3) is 0.0833. The summed E-state index contributed by atoms with van der Waals surface area (Å²) in [5, 5.41) is 8.75. The molecule has 1 nitrogen and oxygen atoms in total. The molecule has 1 aromatic carbocycles. The molecular weight excluding hydrogens is 158 g/mol. The van der Waals surface area contributed by atoms with Crippen LogP contribution in [0, 0.1) is 11.3 Å². The molecule has 0 atom stereocenters. The minimum Gasteiger partial charge on any atom is -0.193 e. The number of allylic oxidation sites excluding steroid dienone is 2. The van der Waals surface area contributed by atoms with Crippen molar-refractivity contribution in [3.63, 3.8) is 0 Å². The first-order valence-corrected chi connectivity index (χ1v) is 4.13. The Morgan fingerprint density at radius 3 is 2.62 bits per heavy atom. The molecule has 0 aliphatic rings. The Labute approximate surface area is 78.6 Å². The Hall–Kier alpha value is -1.81. The van der Waals surface area contributed by atoms with Crippen molar-refractivity contribution in [1.82, 2.24) is 0 Å². The fourth-order valence-electron chi connectivity index (χ4n) is 1.04. The predicted octanol–water partition coefficient (Wildman–Crippen LogP) is 3.17. The molecule has 0 saturated heterocycles. The highest BCUT2D eigenvalue weighted by atomic mass is 14.2. The maximum absolute atomic E-state index is 8.75. The molecule has 0 saturated carbocycles. The van der Waals surface area contributed by atoms with Gasteiger partial charge < -0.3 is 0 Å². The zero-order valence-corrected chi connectivity index (χ0v) is 7.40. The summed E-state index contributed by atoms with van der Waals surface area (Å²) in [5.41, 5.74) is 1.79. The van der Waals surface area contributed by atoms with Crippen LogP contribution in [0.25, 0.3) is 6.08 Å². The summed E-state index contributed by atoms with van der Waals surface area (Å²) in [6, 6.07) is 11.9. The third-order valence-electron chi connectivity index (χ3n) is 1.65. The summed E-state index contributed by atoms with van der Waals surface area (Å²) < 4.78 is 0. The predicted molar refractivity (Wildman–Crippen MR) is 54.8 cm³/mol. The Morgan fingerprint density at radius 2 is 2.08 bits per heavy atom. The number of hydrogen-bond donors (Lipinski definition) is 0. The van der Waals surface area contributed by atoms with Gasteiger partial charge in [-0.25, -0.2) is 0 Å². The number of nitriles is 1. The summed E-state index contributed by atoms with van der Waals surface area (Å²) in [5.74, 6) is 0. The van der Waals surface area contributed by atoms with Crippen molar-refractivity contribution < 1.29 is 0 Å². The fourth-order valence-corrected chi connectivity index (χ4v) is 1.04. The van der Waals surface area contributed by atoms with E-state index in [-0.39, 0.29) is 0 Å². The van der Waals surface area contributed by atoms with Crippen LogP contribution in [0.4, 0.5) is 0 Å². The molecular formula is C12H11N. The summed E-state index contributed by atoms with van der Waals surface area (Å²) in [6.45, 7) is 3.60. The number of hydrogen-bond acceptors (Lipinski definition) is 1. The van der Waals surface area contributed by atoms with Crippen LogP contribution in [-0.2, 0) is 0 Å². The van der Waals surface area contributed by atoms with E-state index in [1.54, 1.807) is 6.08 Å². The van der Waals surface area contributed by atoms with Gasteiger partial charge in [0.15, 0.2) is 0 Å². The van der Waals surface area contributed by atoms with E-state index in [1.165, 1.54) is 0 Å². The highest BCUT2D eigenvalue weighted by molar-refractivity contribution is 5.57. The van der Waals surface area contributed by atoms with Crippen molar-refractivity contribution in [3.8, 4) is 6.07 Å². The van der Waals surface area contributed by atoms with E-state index in [9.17, 15) is 0 Å². The van der Waals surface area contributed by atoms with Gasteiger partial charge in [-0.2, -0.15) is 5.26 Å². The lowest BCUT2D eigenvalue weighted by atomic mass is 10.1. The van der Waals surface area contributed by atoms with Crippen LogP contribution in [0.1, 0.15) is 12.0 Å². The van der Waals surface area contributed by atoms with E-state index in [4.69, 9.17) is 5.26 Å². The molecule has 0 radical (unpaired) electrons. The summed E-state index contributed by atoms with van der Waals surface area (Å²) in [7, 11) is 0. The van der Waals surface area contributed by atoms with Crippen LogP contribution in [0.15, 0.2) is 48.6 Å². The molecule has 0 aliphatic carbocycles. The molecule has 1 heteroatoms. The largest absolute Gasteiger partial charge is 0.193 e. The lowest BCUT2D eigenvalue weighted by molar-refractivity contribution is 1.30. The summed E-state index contributed by atoms with van der Waals surface area (Å²) >= 11 is 0. The van der Waals surface area contributed by atoms with Crippen LogP contribution >= 0.6 is 0 Å². The van der Waals surface area contributed by atoms with Crippen molar-refractivity contribution >= 4 is 6.08 Å². The lowest BCUT2D eigenvalue weighted by Gasteiger charge is -1.93. The van der Waals surface area contributed by atoms with Crippen LogP contribution in [0.3, 0.4) is 0 Å². The van der Waals surface area contributed by atoms with E-state index in [0.29, 0.717) is 6.42 Å². The average molecular weight is 169 g/mol.